The Bertz CT molecular complexity index is 994. The summed E-state index contributed by atoms with van der Waals surface area (Å²) in [4.78, 5) is 27.9. The van der Waals surface area contributed by atoms with E-state index in [1.807, 2.05) is 13.0 Å². The summed E-state index contributed by atoms with van der Waals surface area (Å²) in [5.74, 6) is 0.141. The predicted octanol–water partition coefficient (Wildman–Crippen LogP) is 4.39. The van der Waals surface area contributed by atoms with Gasteiger partial charge in [-0.05, 0) is 47.9 Å². The van der Waals surface area contributed by atoms with E-state index in [1.54, 1.807) is 56.8 Å². The summed E-state index contributed by atoms with van der Waals surface area (Å²) >= 11 is 0. The molecule has 3 aromatic rings. The fourth-order valence-corrected chi connectivity index (χ4v) is 3.05. The van der Waals surface area contributed by atoms with Crippen molar-refractivity contribution >= 4 is 28.7 Å². The number of aromatic amines is 1. The highest BCUT2D eigenvalue weighted by molar-refractivity contribution is 5.90. The fraction of sp³-hybridized carbons (Fsp3) is 0.238. The third-order valence-electron chi connectivity index (χ3n) is 4.64. The average molecular weight is 382 g/mol. The lowest BCUT2D eigenvalue weighted by Gasteiger charge is -2.17. The number of aliphatic carboxylic acids is 1. The molecule has 0 fully saturated rings. The maximum absolute atomic E-state index is 12.4. The number of hydrogen-bond donors (Lipinski definition) is 2. The Morgan fingerprint density at radius 2 is 1.82 bits per heavy atom. The van der Waals surface area contributed by atoms with Gasteiger partial charge in [-0.25, -0.2) is 4.79 Å². The lowest BCUT2D eigenvalue weighted by atomic mass is 9.97. The first-order chi connectivity index (χ1) is 13.4. The Hall–Kier alpha value is -3.48. The third kappa shape index (κ3) is 4.09. The Kier molecular flexibility index (Phi) is 5.54. The zero-order chi connectivity index (χ0) is 20.3. The second-order valence-electron chi connectivity index (χ2n) is 6.58. The Morgan fingerprint density at radius 1 is 1.14 bits per heavy atom. The molecule has 1 atom stereocenters. The van der Waals surface area contributed by atoms with E-state index in [0.717, 1.165) is 16.5 Å². The molecule has 1 unspecified atom stereocenters. The number of nitrogens with one attached hydrogen (secondary N) is 1. The maximum Gasteiger partial charge on any atom is 0.419 e. The van der Waals surface area contributed by atoms with Gasteiger partial charge in [-0.1, -0.05) is 6.92 Å². The molecule has 0 aliphatic carbocycles. The third-order valence-corrected chi connectivity index (χ3v) is 4.64. The van der Waals surface area contributed by atoms with Crippen LogP contribution in [0.15, 0.2) is 48.7 Å². The number of carboxylic acid groups (broad SMARTS) is 1. The fourth-order valence-electron chi connectivity index (χ4n) is 3.05. The number of ether oxygens (including phenoxy) is 2. The molecule has 7 nitrogen and oxygen atoms in total. The van der Waals surface area contributed by atoms with Crippen molar-refractivity contribution in [2.75, 3.05) is 19.1 Å². The van der Waals surface area contributed by atoms with Crippen LogP contribution in [0.5, 0.6) is 11.5 Å². The molecule has 0 radical (unpaired) electrons. The molecule has 0 aliphatic heterocycles. The minimum Gasteiger partial charge on any atom is -0.497 e. The molecule has 3 rings (SSSR count). The predicted molar refractivity (Wildman–Crippen MR) is 106 cm³/mol. The van der Waals surface area contributed by atoms with Crippen molar-refractivity contribution in [3.05, 3.63) is 54.2 Å². The molecule has 1 heterocycles. The van der Waals surface area contributed by atoms with Crippen LogP contribution in [0, 0.1) is 0 Å². The summed E-state index contributed by atoms with van der Waals surface area (Å²) in [7, 11) is 3.21. The molecule has 0 saturated heterocycles. The summed E-state index contributed by atoms with van der Waals surface area (Å²) in [5.41, 5.74) is 2.38. The number of benzene rings is 2. The standard InChI is InChI=1S/C21H22N2O5/c1-13(10-20(24)25)18-12-22-19-11-16(8-9-17(18)19)28-21(26)23(2)14-4-6-15(27-3)7-5-14/h4-9,11-13,22H,10H2,1-3H3,(H,24,25). The normalized spacial score (nSPS) is 11.8. The van der Waals surface area contributed by atoms with E-state index >= 15 is 0 Å². The van der Waals surface area contributed by atoms with Crippen molar-refractivity contribution in [3.63, 3.8) is 0 Å². The molecule has 0 aliphatic rings. The first-order valence-electron chi connectivity index (χ1n) is 8.81. The van der Waals surface area contributed by atoms with Gasteiger partial charge in [0.1, 0.15) is 11.5 Å². The Balaban J connectivity index is 1.74. The summed E-state index contributed by atoms with van der Waals surface area (Å²) < 4.78 is 10.6. The van der Waals surface area contributed by atoms with Crippen LogP contribution >= 0.6 is 0 Å². The summed E-state index contributed by atoms with van der Waals surface area (Å²) in [6.07, 6.45) is 1.33. The quantitative estimate of drug-likeness (QED) is 0.660. The number of amides is 1. The number of rotatable bonds is 6. The van der Waals surface area contributed by atoms with Gasteiger partial charge in [0.05, 0.1) is 13.5 Å². The van der Waals surface area contributed by atoms with Gasteiger partial charge < -0.3 is 19.6 Å². The molecule has 28 heavy (non-hydrogen) atoms. The topological polar surface area (TPSA) is 91.9 Å². The second-order valence-corrected chi connectivity index (χ2v) is 6.58. The van der Waals surface area contributed by atoms with Crippen LogP contribution in [0.3, 0.4) is 0 Å². The van der Waals surface area contributed by atoms with Gasteiger partial charge in [0.2, 0.25) is 0 Å². The molecule has 0 saturated carbocycles. The molecular weight excluding hydrogens is 360 g/mol. The number of hydrogen-bond acceptors (Lipinski definition) is 4. The summed E-state index contributed by atoms with van der Waals surface area (Å²) in [6.45, 7) is 1.87. The van der Waals surface area contributed by atoms with Crippen molar-refractivity contribution in [2.45, 2.75) is 19.3 Å². The molecule has 0 bridgehead atoms. The SMILES string of the molecule is COc1ccc(N(C)C(=O)Oc2ccc3c(C(C)CC(=O)O)c[nH]c3c2)cc1. The van der Waals surface area contributed by atoms with Crippen LogP contribution in [0.1, 0.15) is 24.8 Å². The number of H-pyrrole nitrogens is 1. The highest BCUT2D eigenvalue weighted by Gasteiger charge is 2.17. The minimum atomic E-state index is -0.839. The van der Waals surface area contributed by atoms with E-state index in [-0.39, 0.29) is 12.3 Å². The smallest absolute Gasteiger partial charge is 0.419 e. The monoisotopic (exact) mass is 382 g/mol. The zero-order valence-corrected chi connectivity index (χ0v) is 15.9. The van der Waals surface area contributed by atoms with Crippen molar-refractivity contribution in [1.82, 2.24) is 4.98 Å². The number of carbonyl (C=O) groups excluding carboxylic acids is 1. The van der Waals surface area contributed by atoms with E-state index in [1.165, 1.54) is 4.90 Å². The molecule has 1 aromatic heterocycles. The highest BCUT2D eigenvalue weighted by Crippen LogP contribution is 2.30. The van der Waals surface area contributed by atoms with Gasteiger partial charge in [0.15, 0.2) is 0 Å². The molecule has 0 spiro atoms. The Labute approximate surface area is 162 Å². The van der Waals surface area contributed by atoms with Crippen molar-refractivity contribution in [1.29, 1.82) is 0 Å². The highest BCUT2D eigenvalue weighted by atomic mass is 16.6. The van der Waals surface area contributed by atoms with Crippen LogP contribution < -0.4 is 14.4 Å². The van der Waals surface area contributed by atoms with Crippen LogP contribution in [-0.4, -0.2) is 36.3 Å². The molecule has 146 valence electrons. The first kappa shape index (κ1) is 19.3. The van der Waals surface area contributed by atoms with E-state index in [4.69, 9.17) is 14.6 Å². The Morgan fingerprint density at radius 3 is 2.46 bits per heavy atom. The molecular formula is C21H22N2O5. The van der Waals surface area contributed by atoms with Crippen molar-refractivity contribution < 1.29 is 24.2 Å². The number of nitrogens with zero attached hydrogens (tertiary/aromatic N) is 1. The van der Waals surface area contributed by atoms with Crippen LogP contribution in [0.4, 0.5) is 10.5 Å². The number of aromatic nitrogens is 1. The number of methoxy groups -OCH3 is 1. The van der Waals surface area contributed by atoms with Gasteiger partial charge in [0, 0.05) is 35.9 Å². The van der Waals surface area contributed by atoms with Gasteiger partial charge in [-0.3, -0.25) is 9.69 Å². The van der Waals surface area contributed by atoms with Crippen LogP contribution in [-0.2, 0) is 4.79 Å². The second kappa shape index (κ2) is 8.04. The summed E-state index contributed by atoms with van der Waals surface area (Å²) in [6, 6.07) is 12.3. The van der Waals surface area contributed by atoms with Crippen molar-refractivity contribution in [2.24, 2.45) is 0 Å². The van der Waals surface area contributed by atoms with E-state index in [9.17, 15) is 9.59 Å². The van der Waals surface area contributed by atoms with Crippen LogP contribution in [0.2, 0.25) is 0 Å². The molecule has 2 N–H and O–H groups in total. The van der Waals surface area contributed by atoms with Gasteiger partial charge in [0.25, 0.3) is 0 Å². The maximum atomic E-state index is 12.4. The molecule has 7 heteroatoms. The van der Waals surface area contributed by atoms with Gasteiger partial charge in [-0.15, -0.1) is 0 Å². The zero-order valence-electron chi connectivity index (χ0n) is 15.9. The average Bonchev–Trinajstić information content (AvgIpc) is 3.10. The largest absolute Gasteiger partial charge is 0.497 e. The lowest BCUT2D eigenvalue weighted by Crippen LogP contribution is -2.29. The van der Waals surface area contributed by atoms with Crippen LogP contribution in [0.25, 0.3) is 10.9 Å². The minimum absolute atomic E-state index is 0.0519. The summed E-state index contributed by atoms with van der Waals surface area (Å²) in [5, 5.41) is 9.91. The molecule has 2 aromatic carbocycles. The van der Waals surface area contributed by atoms with E-state index < -0.39 is 12.1 Å². The first-order valence-corrected chi connectivity index (χ1v) is 8.81. The number of carboxylic acids is 1. The number of carbonyl (C=O) groups is 2. The van der Waals surface area contributed by atoms with E-state index in [0.29, 0.717) is 17.2 Å². The lowest BCUT2D eigenvalue weighted by molar-refractivity contribution is -0.137. The van der Waals surface area contributed by atoms with Gasteiger partial charge in [-0.2, -0.15) is 0 Å². The van der Waals surface area contributed by atoms with Gasteiger partial charge >= 0.3 is 12.1 Å². The van der Waals surface area contributed by atoms with Crippen molar-refractivity contribution in [3.8, 4) is 11.5 Å². The van der Waals surface area contributed by atoms with E-state index in [2.05, 4.69) is 4.98 Å². The number of fused-ring (bicyclic) bond motifs is 1. The molecule has 1 amide bonds. The number of anilines is 1.